The van der Waals surface area contributed by atoms with Crippen LogP contribution in [-0.2, 0) is 0 Å². The van der Waals surface area contributed by atoms with Crippen LogP contribution in [0.1, 0.15) is 11.1 Å². The first-order valence-electron chi connectivity index (χ1n) is 15.4. The molecule has 3 aromatic heterocycles. The second kappa shape index (κ2) is 11.0. The zero-order valence-corrected chi connectivity index (χ0v) is 26.1. The van der Waals surface area contributed by atoms with Crippen LogP contribution in [0.2, 0.25) is 0 Å². The maximum Gasteiger partial charge on any atom is 0.165 e. The van der Waals surface area contributed by atoms with E-state index in [1.165, 1.54) is 4.70 Å². The van der Waals surface area contributed by atoms with Gasteiger partial charge in [0.25, 0.3) is 0 Å². The fourth-order valence-electron chi connectivity index (χ4n) is 6.58. The third kappa shape index (κ3) is 4.27. The van der Waals surface area contributed by atoms with E-state index in [0.717, 1.165) is 48.4 Å². The first-order valence-corrected chi connectivity index (χ1v) is 16.2. The van der Waals surface area contributed by atoms with Crippen molar-refractivity contribution in [3.63, 3.8) is 0 Å². The molecule has 0 saturated carbocycles. The minimum atomic E-state index is 0.329. The predicted molar refractivity (Wildman–Crippen MR) is 193 cm³/mol. The van der Waals surface area contributed by atoms with Crippen LogP contribution in [0.4, 0.5) is 0 Å². The Bertz CT molecular complexity index is 2740. The highest BCUT2D eigenvalue weighted by Crippen LogP contribution is 2.43. The Morgan fingerprint density at radius 3 is 1.81 bits per heavy atom. The summed E-state index contributed by atoms with van der Waals surface area (Å²) in [6.45, 7) is 0. The fourth-order valence-corrected chi connectivity index (χ4v) is 7.69. The van der Waals surface area contributed by atoms with Gasteiger partial charge < -0.3 is 4.57 Å². The van der Waals surface area contributed by atoms with E-state index in [-0.39, 0.29) is 0 Å². The summed E-state index contributed by atoms with van der Waals surface area (Å²) in [6, 6.07) is 48.8. The zero-order chi connectivity index (χ0) is 32.2. The SMILES string of the molecule is N#Cc1cc(-n2c3ccccc3c3ccc4sc5ccccc5c4c32)c(C#N)cc1-c1nc(-c2ccccc2)nc(-c2ccccc2)n1. The van der Waals surface area contributed by atoms with E-state index >= 15 is 0 Å². The topological polar surface area (TPSA) is 91.2 Å². The van der Waals surface area contributed by atoms with Crippen LogP contribution in [-0.4, -0.2) is 19.5 Å². The van der Waals surface area contributed by atoms with Crippen LogP contribution in [0.5, 0.6) is 0 Å². The van der Waals surface area contributed by atoms with Crippen molar-refractivity contribution in [2.24, 2.45) is 0 Å². The van der Waals surface area contributed by atoms with E-state index in [0.29, 0.717) is 39.9 Å². The molecule has 6 nitrogen and oxygen atoms in total. The molecule has 0 amide bonds. The van der Waals surface area contributed by atoms with Crippen LogP contribution in [0.3, 0.4) is 0 Å². The number of aromatic nitrogens is 4. The predicted octanol–water partition coefficient (Wildman–Crippen LogP) is 10.1. The fraction of sp³-hybridized carbons (Fsp3) is 0. The van der Waals surface area contributed by atoms with E-state index in [4.69, 9.17) is 15.0 Å². The molecule has 0 unspecified atom stereocenters. The van der Waals surface area contributed by atoms with E-state index < -0.39 is 0 Å². The number of hydrogen-bond donors (Lipinski definition) is 0. The third-order valence-electron chi connectivity index (χ3n) is 8.73. The Morgan fingerprint density at radius 1 is 0.521 bits per heavy atom. The molecular weight excluding hydrogens is 609 g/mol. The lowest BCUT2D eigenvalue weighted by Crippen LogP contribution is -2.04. The molecule has 0 fully saturated rings. The Balaban J connectivity index is 1.34. The molecule has 9 rings (SSSR count). The standard InChI is InChI=1S/C41H22N6S/c42-23-27-22-34(47-33-17-9-7-15-29(33)30-19-20-36-37(38(30)47)31-16-8-10-18-35(31)48-36)28(24-43)21-32(27)41-45-39(25-11-3-1-4-12-25)44-40(46-41)26-13-5-2-6-14-26/h1-22H. The van der Waals surface area contributed by atoms with E-state index in [1.807, 2.05) is 72.8 Å². The summed E-state index contributed by atoms with van der Waals surface area (Å²) < 4.78 is 4.51. The molecule has 0 N–H and O–H groups in total. The van der Waals surface area contributed by atoms with Crippen LogP contribution in [0, 0.1) is 22.7 Å². The summed E-state index contributed by atoms with van der Waals surface area (Å²) in [5.74, 6) is 1.30. The molecule has 0 aliphatic rings. The lowest BCUT2D eigenvalue weighted by atomic mass is 10.0. The van der Waals surface area contributed by atoms with Crippen molar-refractivity contribution in [1.29, 1.82) is 10.5 Å². The van der Waals surface area contributed by atoms with E-state index in [1.54, 1.807) is 23.5 Å². The van der Waals surface area contributed by atoms with Gasteiger partial charge in [0, 0.05) is 47.6 Å². The Labute approximate surface area is 279 Å². The van der Waals surface area contributed by atoms with Crippen molar-refractivity contribution in [3.05, 3.63) is 145 Å². The first kappa shape index (κ1) is 27.6. The Morgan fingerprint density at radius 2 is 1.12 bits per heavy atom. The van der Waals surface area contributed by atoms with Gasteiger partial charge in [-0.25, -0.2) is 15.0 Å². The van der Waals surface area contributed by atoms with Crippen LogP contribution < -0.4 is 0 Å². The van der Waals surface area contributed by atoms with Crippen molar-refractivity contribution in [1.82, 2.24) is 19.5 Å². The van der Waals surface area contributed by atoms with Gasteiger partial charge in [0.2, 0.25) is 0 Å². The maximum absolute atomic E-state index is 10.7. The van der Waals surface area contributed by atoms with Crippen LogP contribution >= 0.6 is 11.3 Å². The third-order valence-corrected chi connectivity index (χ3v) is 9.87. The monoisotopic (exact) mass is 630 g/mol. The van der Waals surface area contributed by atoms with Gasteiger partial charge in [-0.2, -0.15) is 10.5 Å². The minimum Gasteiger partial charge on any atom is -0.307 e. The molecular formula is C41H22N6S. The summed E-state index contributed by atoms with van der Waals surface area (Å²) >= 11 is 1.75. The molecule has 0 atom stereocenters. The van der Waals surface area contributed by atoms with Gasteiger partial charge in [-0.05, 0) is 30.3 Å². The average molecular weight is 631 g/mol. The minimum absolute atomic E-state index is 0.329. The number of nitrogens with zero attached hydrogens (tertiary/aromatic N) is 6. The molecule has 0 radical (unpaired) electrons. The number of benzene rings is 6. The number of para-hydroxylation sites is 1. The average Bonchev–Trinajstić information content (AvgIpc) is 3.70. The van der Waals surface area contributed by atoms with Crippen molar-refractivity contribution in [2.75, 3.05) is 0 Å². The molecule has 0 aliphatic carbocycles. The van der Waals surface area contributed by atoms with Crippen LogP contribution in [0.25, 0.3) is 81.8 Å². The molecule has 48 heavy (non-hydrogen) atoms. The molecule has 0 aliphatic heterocycles. The molecule has 7 heteroatoms. The lowest BCUT2D eigenvalue weighted by molar-refractivity contribution is 1.07. The highest BCUT2D eigenvalue weighted by atomic mass is 32.1. The first-order chi connectivity index (χ1) is 23.7. The van der Waals surface area contributed by atoms with Gasteiger partial charge >= 0.3 is 0 Å². The summed E-state index contributed by atoms with van der Waals surface area (Å²) in [5, 5.41) is 25.8. The Kier molecular flexibility index (Phi) is 6.33. The highest BCUT2D eigenvalue weighted by Gasteiger charge is 2.23. The van der Waals surface area contributed by atoms with Gasteiger partial charge in [-0.3, -0.25) is 0 Å². The Hall–Kier alpha value is -6.67. The molecule has 9 aromatic rings. The van der Waals surface area contributed by atoms with Gasteiger partial charge in [0.05, 0.1) is 33.9 Å². The molecule has 0 spiro atoms. The highest BCUT2D eigenvalue weighted by molar-refractivity contribution is 7.26. The summed E-state index contributed by atoms with van der Waals surface area (Å²) in [6.07, 6.45) is 0. The van der Waals surface area contributed by atoms with Crippen molar-refractivity contribution >= 4 is 53.3 Å². The zero-order valence-electron chi connectivity index (χ0n) is 25.3. The molecule has 6 aromatic carbocycles. The molecule has 3 heterocycles. The second-order valence-electron chi connectivity index (χ2n) is 11.5. The summed E-state index contributed by atoms with van der Waals surface area (Å²) in [7, 11) is 0. The van der Waals surface area contributed by atoms with Gasteiger partial charge in [-0.15, -0.1) is 11.3 Å². The summed E-state index contributed by atoms with van der Waals surface area (Å²) in [4.78, 5) is 14.5. The molecule has 0 bridgehead atoms. The second-order valence-corrected chi connectivity index (χ2v) is 12.5. The van der Waals surface area contributed by atoms with Crippen molar-refractivity contribution < 1.29 is 0 Å². The van der Waals surface area contributed by atoms with Crippen molar-refractivity contribution in [2.45, 2.75) is 0 Å². The number of thiophene rings is 1. The van der Waals surface area contributed by atoms with Gasteiger partial charge in [0.15, 0.2) is 17.5 Å². The van der Waals surface area contributed by atoms with E-state index in [9.17, 15) is 10.5 Å². The number of nitriles is 2. The molecule has 222 valence electrons. The quantitative estimate of drug-likeness (QED) is 0.193. The van der Waals surface area contributed by atoms with Crippen molar-refractivity contribution in [3.8, 4) is 52.0 Å². The summed E-state index contributed by atoms with van der Waals surface area (Å²) in [5.41, 5.74) is 5.50. The van der Waals surface area contributed by atoms with Crippen LogP contribution in [0.15, 0.2) is 133 Å². The van der Waals surface area contributed by atoms with Gasteiger partial charge in [0.1, 0.15) is 6.07 Å². The smallest absolute Gasteiger partial charge is 0.165 e. The number of fused-ring (bicyclic) bond motifs is 7. The largest absolute Gasteiger partial charge is 0.307 e. The lowest BCUT2D eigenvalue weighted by Gasteiger charge is -2.14. The maximum atomic E-state index is 10.7. The van der Waals surface area contributed by atoms with Gasteiger partial charge in [-0.1, -0.05) is 103 Å². The number of hydrogen-bond acceptors (Lipinski definition) is 6. The van der Waals surface area contributed by atoms with E-state index in [2.05, 4.69) is 65.2 Å². The number of rotatable bonds is 4. The molecule has 0 saturated heterocycles. The normalized spacial score (nSPS) is 11.3.